The zero-order chi connectivity index (χ0) is 18.0. The van der Waals surface area contributed by atoms with Crippen LogP contribution in [0.25, 0.3) is 11.1 Å². The van der Waals surface area contributed by atoms with Gasteiger partial charge in [-0.3, -0.25) is 4.79 Å². The smallest absolute Gasteiger partial charge is 0.284 e. The number of hydrogen-bond acceptors (Lipinski definition) is 3. The molecule has 1 fully saturated rings. The Morgan fingerprint density at radius 1 is 1.28 bits per heavy atom. The molecule has 3 N–H and O–H groups in total. The summed E-state index contributed by atoms with van der Waals surface area (Å²) in [6.45, 7) is 1.22. The van der Waals surface area contributed by atoms with Crippen molar-refractivity contribution in [2.24, 2.45) is 4.99 Å². The summed E-state index contributed by atoms with van der Waals surface area (Å²) in [7, 11) is 0. The van der Waals surface area contributed by atoms with Crippen LogP contribution in [-0.2, 0) is 0 Å². The Bertz CT molecular complexity index is 929. The molecular weight excluding hydrogens is 347 g/mol. The summed E-state index contributed by atoms with van der Waals surface area (Å²) in [5, 5.41) is 25.5. The molecule has 2 aromatic rings. The van der Waals surface area contributed by atoms with Crippen molar-refractivity contribution in [2.75, 3.05) is 13.1 Å². The Kier molecular flexibility index (Phi) is 4.55. The Morgan fingerprint density at radius 3 is 2.68 bits per heavy atom. The fraction of sp³-hybridized carbons (Fsp3) is 0.118. The molecule has 0 saturated carbocycles. The SMILES string of the molecule is N#Cc1ccc(O)c(C(=O)N=C2NCCN2)c1-c1cc(F)ccc1Cl. The quantitative estimate of drug-likeness (QED) is 0.766. The molecule has 1 amide bonds. The van der Waals surface area contributed by atoms with E-state index in [2.05, 4.69) is 15.6 Å². The number of aliphatic imine (C=N–C) groups is 1. The topological polar surface area (TPSA) is 97.5 Å². The average Bonchev–Trinajstić information content (AvgIpc) is 3.09. The molecule has 0 atom stereocenters. The van der Waals surface area contributed by atoms with Gasteiger partial charge in [0.2, 0.25) is 0 Å². The molecule has 2 aromatic carbocycles. The maximum absolute atomic E-state index is 13.7. The fourth-order valence-electron chi connectivity index (χ4n) is 2.53. The summed E-state index contributed by atoms with van der Waals surface area (Å²) in [5.74, 6) is -1.47. The van der Waals surface area contributed by atoms with Gasteiger partial charge in [-0.15, -0.1) is 0 Å². The average molecular weight is 359 g/mol. The number of nitriles is 1. The van der Waals surface area contributed by atoms with Gasteiger partial charge in [-0.1, -0.05) is 11.6 Å². The van der Waals surface area contributed by atoms with Gasteiger partial charge >= 0.3 is 0 Å². The summed E-state index contributed by atoms with van der Waals surface area (Å²) in [4.78, 5) is 16.5. The Labute approximate surface area is 147 Å². The summed E-state index contributed by atoms with van der Waals surface area (Å²) in [6.07, 6.45) is 0. The summed E-state index contributed by atoms with van der Waals surface area (Å²) in [5.41, 5.74) is 0.0279. The third-order valence-corrected chi connectivity index (χ3v) is 3.97. The lowest BCUT2D eigenvalue weighted by atomic mass is 9.93. The van der Waals surface area contributed by atoms with E-state index in [-0.39, 0.29) is 39.0 Å². The van der Waals surface area contributed by atoms with E-state index in [1.165, 1.54) is 18.2 Å². The summed E-state index contributed by atoms with van der Waals surface area (Å²) in [6, 6.07) is 8.07. The van der Waals surface area contributed by atoms with Crippen LogP contribution in [-0.4, -0.2) is 30.1 Å². The molecule has 126 valence electrons. The third kappa shape index (κ3) is 3.25. The first-order chi connectivity index (χ1) is 12.0. The molecule has 0 spiro atoms. The van der Waals surface area contributed by atoms with E-state index in [4.69, 9.17) is 11.6 Å². The number of nitrogens with one attached hydrogen (secondary N) is 2. The minimum absolute atomic E-state index is 0.0411. The predicted octanol–water partition coefficient (Wildman–Crippen LogP) is 2.41. The van der Waals surface area contributed by atoms with Crippen LogP contribution in [0, 0.1) is 17.1 Å². The number of phenolic OH excluding ortho intramolecular Hbond substituents is 1. The first-order valence-electron chi connectivity index (χ1n) is 7.33. The van der Waals surface area contributed by atoms with Gasteiger partial charge in [-0.25, -0.2) is 4.39 Å². The molecule has 1 aliphatic rings. The lowest BCUT2D eigenvalue weighted by Gasteiger charge is -2.13. The van der Waals surface area contributed by atoms with E-state index >= 15 is 0 Å². The number of phenols is 1. The number of aromatic hydroxyl groups is 1. The number of hydrogen-bond donors (Lipinski definition) is 3. The van der Waals surface area contributed by atoms with E-state index in [1.54, 1.807) is 0 Å². The van der Waals surface area contributed by atoms with Crippen LogP contribution in [0.3, 0.4) is 0 Å². The minimum atomic E-state index is -0.776. The van der Waals surface area contributed by atoms with Crippen molar-refractivity contribution in [1.82, 2.24) is 10.6 Å². The summed E-state index contributed by atoms with van der Waals surface area (Å²) < 4.78 is 13.7. The number of halogens is 2. The van der Waals surface area contributed by atoms with Crippen molar-refractivity contribution in [1.29, 1.82) is 5.26 Å². The highest BCUT2D eigenvalue weighted by atomic mass is 35.5. The molecule has 6 nitrogen and oxygen atoms in total. The molecule has 0 bridgehead atoms. The molecule has 0 radical (unpaired) electrons. The van der Waals surface area contributed by atoms with Crippen molar-refractivity contribution >= 4 is 23.5 Å². The molecule has 1 saturated heterocycles. The van der Waals surface area contributed by atoms with E-state index in [1.807, 2.05) is 6.07 Å². The van der Waals surface area contributed by atoms with Crippen molar-refractivity contribution in [3.05, 3.63) is 52.3 Å². The Hall–Kier alpha value is -3.11. The molecule has 0 unspecified atom stereocenters. The monoisotopic (exact) mass is 358 g/mol. The second-order valence-corrected chi connectivity index (χ2v) is 5.64. The zero-order valence-corrected chi connectivity index (χ0v) is 13.6. The van der Waals surface area contributed by atoms with Gasteiger partial charge in [0, 0.05) is 29.2 Å². The van der Waals surface area contributed by atoms with E-state index in [0.29, 0.717) is 13.1 Å². The standard InChI is InChI=1S/C17H12ClFN4O2/c18-12-3-2-10(19)7-11(12)14-9(8-20)1-4-13(24)15(14)16(25)23-17-21-5-6-22-17/h1-4,7,24H,5-6H2,(H2,21,22,23,25). The zero-order valence-electron chi connectivity index (χ0n) is 12.8. The molecule has 0 aromatic heterocycles. The highest BCUT2D eigenvalue weighted by Gasteiger charge is 2.24. The van der Waals surface area contributed by atoms with Gasteiger partial charge in [0.1, 0.15) is 11.6 Å². The first-order valence-corrected chi connectivity index (χ1v) is 7.71. The molecule has 25 heavy (non-hydrogen) atoms. The van der Waals surface area contributed by atoms with E-state index < -0.39 is 11.7 Å². The maximum Gasteiger partial charge on any atom is 0.284 e. The van der Waals surface area contributed by atoms with Gasteiger partial charge < -0.3 is 15.7 Å². The number of carbonyl (C=O) groups is 1. The Morgan fingerprint density at radius 2 is 2.00 bits per heavy atom. The van der Waals surface area contributed by atoms with Gasteiger partial charge in [0.15, 0.2) is 5.96 Å². The Balaban J connectivity index is 2.25. The van der Waals surface area contributed by atoms with E-state index in [0.717, 1.165) is 12.1 Å². The number of benzene rings is 2. The minimum Gasteiger partial charge on any atom is -0.507 e. The molecule has 3 rings (SSSR count). The fourth-order valence-corrected chi connectivity index (χ4v) is 2.74. The summed E-state index contributed by atoms with van der Waals surface area (Å²) >= 11 is 6.13. The van der Waals surface area contributed by atoms with Crippen LogP contribution >= 0.6 is 11.6 Å². The maximum atomic E-state index is 13.7. The van der Waals surface area contributed by atoms with Crippen LogP contribution in [0.15, 0.2) is 35.3 Å². The molecule has 8 heteroatoms. The first kappa shape index (κ1) is 16.7. The van der Waals surface area contributed by atoms with Gasteiger partial charge in [0.25, 0.3) is 5.91 Å². The molecule has 0 aliphatic carbocycles. The second-order valence-electron chi connectivity index (χ2n) is 5.24. The number of rotatable bonds is 2. The van der Waals surface area contributed by atoms with E-state index in [9.17, 15) is 19.6 Å². The van der Waals surface area contributed by atoms with Crippen molar-refractivity contribution in [2.45, 2.75) is 0 Å². The van der Waals surface area contributed by atoms with Gasteiger partial charge in [-0.2, -0.15) is 10.3 Å². The highest BCUT2D eigenvalue weighted by Crippen LogP contribution is 2.38. The van der Waals surface area contributed by atoms with Crippen LogP contribution in [0.5, 0.6) is 5.75 Å². The second kappa shape index (κ2) is 6.79. The number of guanidine groups is 1. The lowest BCUT2D eigenvalue weighted by molar-refractivity contribution is 0.100. The number of carbonyl (C=O) groups excluding carboxylic acids is 1. The van der Waals surface area contributed by atoms with Crippen molar-refractivity contribution in [3.63, 3.8) is 0 Å². The van der Waals surface area contributed by atoms with Crippen LogP contribution in [0.4, 0.5) is 4.39 Å². The number of amides is 1. The van der Waals surface area contributed by atoms with Crippen molar-refractivity contribution < 1.29 is 14.3 Å². The largest absolute Gasteiger partial charge is 0.507 e. The van der Waals surface area contributed by atoms with Crippen LogP contribution in [0.2, 0.25) is 5.02 Å². The van der Waals surface area contributed by atoms with Crippen LogP contribution in [0.1, 0.15) is 15.9 Å². The normalized spacial score (nSPS) is 12.9. The number of nitrogens with zero attached hydrogens (tertiary/aromatic N) is 2. The molecule has 1 aliphatic heterocycles. The highest BCUT2D eigenvalue weighted by molar-refractivity contribution is 6.33. The third-order valence-electron chi connectivity index (χ3n) is 3.64. The molecular formula is C17H12ClFN4O2. The van der Waals surface area contributed by atoms with Crippen molar-refractivity contribution in [3.8, 4) is 22.9 Å². The predicted molar refractivity (Wildman–Crippen MR) is 91.0 cm³/mol. The van der Waals surface area contributed by atoms with Gasteiger partial charge in [-0.05, 0) is 30.3 Å². The lowest BCUT2D eigenvalue weighted by Crippen LogP contribution is -2.25. The molecule has 1 heterocycles. The van der Waals surface area contributed by atoms with Gasteiger partial charge in [0.05, 0.1) is 17.2 Å². The van der Waals surface area contributed by atoms with Crippen LogP contribution < -0.4 is 10.6 Å².